The number of nitrogens with two attached hydrogens (primary N) is 1. The first kappa shape index (κ1) is 21.4. The number of nitrogens with zero attached hydrogens (tertiary/aromatic N) is 2. The highest BCUT2D eigenvalue weighted by Gasteiger charge is 2.08. The van der Waals surface area contributed by atoms with Gasteiger partial charge in [-0.15, -0.1) is 24.8 Å². The molecule has 128 valence electrons. The van der Waals surface area contributed by atoms with Crippen LogP contribution in [0.25, 0.3) is 5.69 Å². The third-order valence-corrected chi connectivity index (χ3v) is 3.20. The molecule has 0 aliphatic heterocycles. The van der Waals surface area contributed by atoms with E-state index in [-0.39, 0.29) is 36.5 Å². The van der Waals surface area contributed by atoms with E-state index in [1.807, 2.05) is 6.92 Å². The predicted octanol–water partition coefficient (Wildman–Crippen LogP) is 2.52. The van der Waals surface area contributed by atoms with E-state index in [9.17, 15) is 9.18 Å². The van der Waals surface area contributed by atoms with Crippen LogP contribution in [0.3, 0.4) is 0 Å². The van der Waals surface area contributed by atoms with E-state index in [0.717, 1.165) is 11.4 Å². The molecule has 0 unspecified atom stereocenters. The average Bonchev–Trinajstić information content (AvgIpc) is 2.89. The first-order chi connectivity index (χ1) is 10.1. The highest BCUT2D eigenvalue weighted by molar-refractivity contribution is 5.85. The number of carbonyl (C=O) groups excluding carboxylic acids is 1. The molecule has 1 aromatic heterocycles. The summed E-state index contributed by atoms with van der Waals surface area (Å²) < 4.78 is 15.8. The number of amides is 1. The molecule has 1 aromatic carbocycles. The molecule has 1 heterocycles. The molecule has 0 spiro atoms. The molecule has 5 nitrogen and oxygen atoms in total. The molecule has 2 rings (SSSR count). The summed E-state index contributed by atoms with van der Waals surface area (Å²) in [5, 5.41) is 2.75. The van der Waals surface area contributed by atoms with Crippen LogP contribution in [-0.4, -0.2) is 22.0 Å². The van der Waals surface area contributed by atoms with Crippen molar-refractivity contribution in [3.63, 3.8) is 0 Å². The van der Waals surface area contributed by atoms with Gasteiger partial charge >= 0.3 is 0 Å². The van der Waals surface area contributed by atoms with Crippen LogP contribution in [0.4, 0.5) is 4.39 Å². The largest absolute Gasteiger partial charge is 0.352 e. The summed E-state index contributed by atoms with van der Waals surface area (Å²) in [4.78, 5) is 15.6. The van der Waals surface area contributed by atoms with Crippen LogP contribution in [0.1, 0.15) is 24.2 Å². The van der Waals surface area contributed by atoms with Gasteiger partial charge in [0.2, 0.25) is 5.91 Å². The maximum atomic E-state index is 14.1. The monoisotopic (exact) mass is 362 g/mol. The number of carbonyl (C=O) groups is 1. The normalized spacial score (nSPS) is 9.70. The second-order valence-electron chi connectivity index (χ2n) is 4.80. The Bertz CT molecular complexity index is 634. The fourth-order valence-electron chi connectivity index (χ4n) is 2.04. The molecule has 0 fully saturated rings. The Balaban J connectivity index is 0.00000242. The quantitative estimate of drug-likeness (QED) is 0.828. The summed E-state index contributed by atoms with van der Waals surface area (Å²) in [5.74, 6) is 0.303. The van der Waals surface area contributed by atoms with E-state index >= 15 is 0 Å². The Morgan fingerprint density at radius 2 is 2.13 bits per heavy atom. The number of nitrogens with one attached hydrogen (secondary N) is 1. The van der Waals surface area contributed by atoms with E-state index in [2.05, 4.69) is 10.3 Å². The zero-order valence-electron chi connectivity index (χ0n) is 12.8. The van der Waals surface area contributed by atoms with Gasteiger partial charge in [-0.3, -0.25) is 4.79 Å². The van der Waals surface area contributed by atoms with Gasteiger partial charge in [-0.05, 0) is 37.6 Å². The van der Waals surface area contributed by atoms with Crippen LogP contribution in [0.15, 0.2) is 30.6 Å². The fraction of sp³-hybridized carbons (Fsp3) is 0.333. The van der Waals surface area contributed by atoms with Crippen LogP contribution in [-0.2, 0) is 11.3 Å². The third kappa shape index (κ3) is 5.82. The van der Waals surface area contributed by atoms with Gasteiger partial charge < -0.3 is 15.6 Å². The number of halogens is 3. The van der Waals surface area contributed by atoms with E-state index in [0.29, 0.717) is 31.6 Å². The number of aryl methyl sites for hydroxylation is 1. The van der Waals surface area contributed by atoms with Gasteiger partial charge in [-0.2, -0.15) is 0 Å². The van der Waals surface area contributed by atoms with Crippen molar-refractivity contribution >= 4 is 30.7 Å². The number of hydrogen-bond acceptors (Lipinski definition) is 3. The van der Waals surface area contributed by atoms with Gasteiger partial charge in [0.05, 0.1) is 5.69 Å². The van der Waals surface area contributed by atoms with Gasteiger partial charge in [-0.1, -0.05) is 6.07 Å². The molecule has 1 amide bonds. The molecule has 0 radical (unpaired) electrons. The minimum atomic E-state index is -0.343. The van der Waals surface area contributed by atoms with Crippen LogP contribution in [0.2, 0.25) is 0 Å². The van der Waals surface area contributed by atoms with Crippen molar-refractivity contribution in [3.05, 3.63) is 47.8 Å². The highest BCUT2D eigenvalue weighted by atomic mass is 35.5. The third-order valence-electron chi connectivity index (χ3n) is 3.20. The van der Waals surface area contributed by atoms with Gasteiger partial charge in [-0.25, -0.2) is 9.37 Å². The maximum Gasteiger partial charge on any atom is 0.220 e. The van der Waals surface area contributed by atoms with Gasteiger partial charge in [0.1, 0.15) is 11.6 Å². The van der Waals surface area contributed by atoms with E-state index in [1.54, 1.807) is 29.1 Å². The number of aromatic nitrogens is 2. The zero-order valence-corrected chi connectivity index (χ0v) is 14.4. The Labute approximate surface area is 147 Å². The number of rotatable bonds is 6. The number of benzene rings is 1. The van der Waals surface area contributed by atoms with Crippen molar-refractivity contribution in [1.82, 2.24) is 14.9 Å². The minimum Gasteiger partial charge on any atom is -0.352 e. The van der Waals surface area contributed by atoms with Crippen LogP contribution in [0.5, 0.6) is 0 Å². The highest BCUT2D eigenvalue weighted by Crippen LogP contribution is 2.16. The van der Waals surface area contributed by atoms with Crippen molar-refractivity contribution in [2.24, 2.45) is 5.73 Å². The summed E-state index contributed by atoms with van der Waals surface area (Å²) in [5.41, 5.74) is 6.51. The first-order valence-corrected chi connectivity index (χ1v) is 6.87. The summed E-state index contributed by atoms with van der Waals surface area (Å²) in [6.45, 7) is 2.61. The molecule has 8 heteroatoms. The lowest BCUT2D eigenvalue weighted by molar-refractivity contribution is -0.121. The zero-order chi connectivity index (χ0) is 15.2. The van der Waals surface area contributed by atoms with Gasteiger partial charge in [0, 0.05) is 25.4 Å². The van der Waals surface area contributed by atoms with Crippen LogP contribution < -0.4 is 11.1 Å². The lowest BCUT2D eigenvalue weighted by atomic mass is 10.2. The molecular weight excluding hydrogens is 342 g/mol. The van der Waals surface area contributed by atoms with E-state index < -0.39 is 0 Å². The van der Waals surface area contributed by atoms with Gasteiger partial charge in [0.25, 0.3) is 0 Å². The Morgan fingerprint density at radius 3 is 2.70 bits per heavy atom. The molecule has 2 aromatic rings. The molecular formula is C15H21Cl2FN4O. The second-order valence-corrected chi connectivity index (χ2v) is 4.80. The smallest absolute Gasteiger partial charge is 0.220 e. The number of imidazole rings is 1. The minimum absolute atomic E-state index is 0. The van der Waals surface area contributed by atoms with Crippen molar-refractivity contribution in [1.29, 1.82) is 0 Å². The fourth-order valence-corrected chi connectivity index (χ4v) is 2.04. The molecule has 0 aliphatic rings. The molecule has 0 aliphatic carbocycles. The summed E-state index contributed by atoms with van der Waals surface area (Å²) >= 11 is 0. The molecule has 0 bridgehead atoms. The topological polar surface area (TPSA) is 72.9 Å². The van der Waals surface area contributed by atoms with Crippen LogP contribution >= 0.6 is 24.8 Å². The van der Waals surface area contributed by atoms with Crippen molar-refractivity contribution < 1.29 is 9.18 Å². The van der Waals surface area contributed by atoms with Crippen molar-refractivity contribution in [2.45, 2.75) is 26.3 Å². The predicted molar refractivity (Wildman–Crippen MR) is 92.9 cm³/mol. The SMILES string of the molecule is Cc1nccn1-c1ccc(CNC(=O)CCCN)cc1F.Cl.Cl. The Kier molecular flexibility index (Phi) is 9.48. The standard InChI is InChI=1S/C15H19FN4O.2ClH/c1-11-18-7-8-20(11)14-5-4-12(9-13(14)16)10-19-15(21)3-2-6-17;;/h4-5,7-9H,2-3,6,10,17H2,1H3,(H,19,21);2*1H. The maximum absolute atomic E-state index is 14.1. The first-order valence-electron chi connectivity index (χ1n) is 6.87. The molecule has 23 heavy (non-hydrogen) atoms. The summed E-state index contributed by atoms with van der Waals surface area (Å²) in [7, 11) is 0. The van der Waals surface area contributed by atoms with E-state index in [4.69, 9.17) is 5.73 Å². The van der Waals surface area contributed by atoms with Gasteiger partial charge in [0.15, 0.2) is 0 Å². The van der Waals surface area contributed by atoms with Crippen LogP contribution in [0, 0.1) is 12.7 Å². The van der Waals surface area contributed by atoms with Crippen molar-refractivity contribution in [3.8, 4) is 5.69 Å². The number of hydrogen-bond donors (Lipinski definition) is 2. The Hall–Kier alpha value is -1.63. The lowest BCUT2D eigenvalue weighted by Gasteiger charge is -2.09. The molecule has 0 saturated heterocycles. The summed E-state index contributed by atoms with van der Waals surface area (Å²) in [6, 6.07) is 4.91. The summed E-state index contributed by atoms with van der Waals surface area (Å²) in [6.07, 6.45) is 4.38. The molecule has 3 N–H and O–H groups in total. The Morgan fingerprint density at radius 1 is 1.39 bits per heavy atom. The molecule has 0 atom stereocenters. The van der Waals surface area contributed by atoms with E-state index in [1.165, 1.54) is 6.07 Å². The average molecular weight is 363 g/mol. The second kappa shape index (κ2) is 10.2. The van der Waals surface area contributed by atoms with Crippen molar-refractivity contribution in [2.75, 3.05) is 6.54 Å². The lowest BCUT2D eigenvalue weighted by Crippen LogP contribution is -2.23. The molecule has 0 saturated carbocycles.